The average molecular weight is 445 g/mol. The van der Waals surface area contributed by atoms with Crippen molar-refractivity contribution in [3.63, 3.8) is 0 Å². The minimum Gasteiger partial charge on any atom is -0.490 e. The van der Waals surface area contributed by atoms with E-state index in [9.17, 15) is 14.4 Å². The fourth-order valence-corrected chi connectivity index (χ4v) is 3.91. The number of ether oxygens (including phenoxy) is 2. The molecule has 0 spiro atoms. The lowest BCUT2D eigenvalue weighted by atomic mass is 10.1. The van der Waals surface area contributed by atoms with Crippen LogP contribution in [-0.4, -0.2) is 56.7 Å². The summed E-state index contributed by atoms with van der Waals surface area (Å²) in [6.07, 6.45) is 0.783. The number of hydrogen-bond acceptors (Lipinski definition) is 6. The van der Waals surface area contributed by atoms with Crippen molar-refractivity contribution >= 4 is 28.9 Å². The van der Waals surface area contributed by atoms with Crippen molar-refractivity contribution < 1.29 is 18.7 Å². The van der Waals surface area contributed by atoms with Crippen LogP contribution in [0.5, 0.6) is 11.5 Å². The number of hydrogen-bond donors (Lipinski definition) is 1. The molecular formula is C22H22ClFN4O3. The maximum absolute atomic E-state index is 13.9. The summed E-state index contributed by atoms with van der Waals surface area (Å²) in [6, 6.07) is 9.91. The predicted octanol–water partition coefficient (Wildman–Crippen LogP) is 3.27. The van der Waals surface area contributed by atoms with E-state index in [4.69, 9.17) is 21.1 Å². The normalized spacial score (nSPS) is 16.4. The molecule has 9 heteroatoms. The quantitative estimate of drug-likeness (QED) is 0.779. The Hall–Kier alpha value is -3.02. The van der Waals surface area contributed by atoms with E-state index in [-0.39, 0.29) is 18.0 Å². The van der Waals surface area contributed by atoms with Crippen LogP contribution in [0.1, 0.15) is 12.0 Å². The van der Waals surface area contributed by atoms with Gasteiger partial charge in [0, 0.05) is 44.7 Å². The van der Waals surface area contributed by atoms with E-state index in [1.807, 2.05) is 15.9 Å². The molecule has 0 aromatic heterocycles. The van der Waals surface area contributed by atoms with Crippen molar-refractivity contribution in [1.29, 1.82) is 5.26 Å². The number of nitrogens with one attached hydrogen (secondary N) is 1. The maximum Gasteiger partial charge on any atom is 0.238 e. The van der Waals surface area contributed by atoms with Gasteiger partial charge in [0.1, 0.15) is 17.4 Å². The third kappa shape index (κ3) is 4.84. The Morgan fingerprint density at radius 2 is 1.87 bits per heavy atom. The van der Waals surface area contributed by atoms with Gasteiger partial charge in [0.2, 0.25) is 5.91 Å². The zero-order valence-electron chi connectivity index (χ0n) is 16.9. The number of piperazine rings is 1. The predicted molar refractivity (Wildman–Crippen MR) is 115 cm³/mol. The molecule has 2 aliphatic rings. The third-order valence-corrected chi connectivity index (χ3v) is 5.61. The van der Waals surface area contributed by atoms with Gasteiger partial charge < -0.3 is 19.7 Å². The third-order valence-electron chi connectivity index (χ3n) is 5.29. The van der Waals surface area contributed by atoms with E-state index in [0.29, 0.717) is 67.3 Å². The summed E-state index contributed by atoms with van der Waals surface area (Å²) in [7, 11) is 0. The number of carbonyl (C=O) groups excluding carboxylic acids is 1. The Bertz CT molecular complexity index is 1020. The standard InChI is InChI=1S/C22H22ClFN4O3/c23-16-11-20-21(31-10-2-9-30-20)12-18(16)26-22(29)14-27-5-7-28(8-6-27)19-4-1-3-17(24)15(19)13-25/h1,3-4,11-12H,2,5-10,14H2,(H,26,29). The number of amides is 1. The van der Waals surface area contributed by atoms with Crippen LogP contribution in [0, 0.1) is 17.1 Å². The van der Waals surface area contributed by atoms with Gasteiger partial charge in [-0.25, -0.2) is 4.39 Å². The number of halogens is 2. The first-order valence-corrected chi connectivity index (χ1v) is 10.5. The monoisotopic (exact) mass is 444 g/mol. The number of fused-ring (bicyclic) bond motifs is 1. The highest BCUT2D eigenvalue weighted by atomic mass is 35.5. The summed E-state index contributed by atoms with van der Waals surface area (Å²) in [5.74, 6) is 0.432. The SMILES string of the molecule is N#Cc1c(F)cccc1N1CCN(CC(=O)Nc2cc3c(cc2Cl)OCCCO3)CC1. The molecule has 0 bridgehead atoms. The zero-order valence-corrected chi connectivity index (χ0v) is 17.6. The van der Waals surface area contributed by atoms with Crippen LogP contribution >= 0.6 is 11.6 Å². The van der Waals surface area contributed by atoms with E-state index in [1.165, 1.54) is 6.07 Å². The van der Waals surface area contributed by atoms with Crippen molar-refractivity contribution in [3.05, 3.63) is 46.7 Å². The lowest BCUT2D eigenvalue weighted by Gasteiger charge is -2.36. The minimum atomic E-state index is -0.520. The number of rotatable bonds is 4. The summed E-state index contributed by atoms with van der Waals surface area (Å²) in [5.41, 5.74) is 1.12. The molecule has 0 radical (unpaired) electrons. The van der Waals surface area contributed by atoms with E-state index in [0.717, 1.165) is 6.42 Å². The second kappa shape index (κ2) is 9.41. The van der Waals surface area contributed by atoms with Gasteiger partial charge in [-0.3, -0.25) is 9.69 Å². The van der Waals surface area contributed by atoms with Gasteiger partial charge in [0.25, 0.3) is 0 Å². The van der Waals surface area contributed by atoms with Gasteiger partial charge in [0.05, 0.1) is 36.2 Å². The molecule has 162 valence electrons. The number of benzene rings is 2. The van der Waals surface area contributed by atoms with E-state index >= 15 is 0 Å². The molecule has 0 atom stereocenters. The van der Waals surface area contributed by atoms with Gasteiger partial charge in [-0.1, -0.05) is 17.7 Å². The average Bonchev–Trinajstić information content (AvgIpc) is 2.99. The molecule has 7 nitrogen and oxygen atoms in total. The molecule has 1 amide bonds. The molecule has 31 heavy (non-hydrogen) atoms. The maximum atomic E-state index is 13.9. The van der Waals surface area contributed by atoms with Gasteiger partial charge in [-0.15, -0.1) is 0 Å². The zero-order chi connectivity index (χ0) is 21.8. The summed E-state index contributed by atoms with van der Waals surface area (Å²) in [5, 5.41) is 12.5. The molecule has 2 aromatic rings. The Labute approximate surface area is 184 Å². The molecule has 0 unspecified atom stereocenters. The molecule has 2 heterocycles. The van der Waals surface area contributed by atoms with Gasteiger partial charge in [-0.2, -0.15) is 5.26 Å². The van der Waals surface area contributed by atoms with Crippen LogP contribution in [-0.2, 0) is 4.79 Å². The second-order valence-corrected chi connectivity index (χ2v) is 7.79. The highest BCUT2D eigenvalue weighted by Crippen LogP contribution is 2.37. The highest BCUT2D eigenvalue weighted by Gasteiger charge is 2.23. The van der Waals surface area contributed by atoms with Crippen molar-refractivity contribution in [2.75, 3.05) is 56.2 Å². The minimum absolute atomic E-state index is 0.0535. The van der Waals surface area contributed by atoms with Crippen LogP contribution in [0.25, 0.3) is 0 Å². The summed E-state index contributed by atoms with van der Waals surface area (Å²) in [4.78, 5) is 16.6. The highest BCUT2D eigenvalue weighted by molar-refractivity contribution is 6.34. The molecular weight excluding hydrogens is 423 g/mol. The van der Waals surface area contributed by atoms with Crippen LogP contribution in [0.4, 0.5) is 15.8 Å². The molecule has 0 aliphatic carbocycles. The van der Waals surface area contributed by atoms with Crippen LogP contribution in [0.15, 0.2) is 30.3 Å². The first kappa shape index (κ1) is 21.2. The fourth-order valence-electron chi connectivity index (χ4n) is 3.71. The molecule has 1 saturated heterocycles. The van der Waals surface area contributed by atoms with E-state index in [2.05, 4.69) is 5.32 Å². The molecule has 4 rings (SSSR count). The van der Waals surface area contributed by atoms with Gasteiger partial charge >= 0.3 is 0 Å². The number of nitriles is 1. The van der Waals surface area contributed by atoms with Gasteiger partial charge in [-0.05, 0) is 12.1 Å². The lowest BCUT2D eigenvalue weighted by Crippen LogP contribution is -2.49. The molecule has 2 aliphatic heterocycles. The Morgan fingerprint density at radius 3 is 2.58 bits per heavy atom. The Morgan fingerprint density at radius 1 is 1.16 bits per heavy atom. The Balaban J connectivity index is 1.34. The fraction of sp³-hybridized carbons (Fsp3) is 0.364. The van der Waals surface area contributed by atoms with E-state index in [1.54, 1.807) is 24.3 Å². The van der Waals surface area contributed by atoms with Crippen LogP contribution < -0.4 is 19.7 Å². The largest absolute Gasteiger partial charge is 0.490 e. The van der Waals surface area contributed by atoms with Crippen molar-refractivity contribution in [2.45, 2.75) is 6.42 Å². The number of carbonyl (C=O) groups is 1. The summed E-state index contributed by atoms with van der Waals surface area (Å²) < 4.78 is 25.1. The lowest BCUT2D eigenvalue weighted by molar-refractivity contribution is -0.117. The molecule has 1 fully saturated rings. The number of nitrogens with zero attached hydrogens (tertiary/aromatic N) is 3. The molecule has 1 N–H and O–H groups in total. The van der Waals surface area contributed by atoms with E-state index < -0.39 is 5.82 Å². The van der Waals surface area contributed by atoms with Crippen molar-refractivity contribution in [1.82, 2.24) is 4.90 Å². The molecule has 0 saturated carbocycles. The molecule has 2 aromatic carbocycles. The van der Waals surface area contributed by atoms with Gasteiger partial charge in [0.15, 0.2) is 11.5 Å². The van der Waals surface area contributed by atoms with Crippen LogP contribution in [0.3, 0.4) is 0 Å². The summed E-state index contributed by atoms with van der Waals surface area (Å²) in [6.45, 7) is 3.73. The topological polar surface area (TPSA) is 77.8 Å². The number of anilines is 2. The first-order chi connectivity index (χ1) is 15.0. The van der Waals surface area contributed by atoms with Crippen molar-refractivity contribution in [2.24, 2.45) is 0 Å². The smallest absolute Gasteiger partial charge is 0.238 e. The second-order valence-electron chi connectivity index (χ2n) is 7.39. The van der Waals surface area contributed by atoms with Crippen LogP contribution in [0.2, 0.25) is 5.02 Å². The first-order valence-electron chi connectivity index (χ1n) is 10.1. The van der Waals surface area contributed by atoms with Crippen molar-refractivity contribution in [3.8, 4) is 17.6 Å². The Kier molecular flexibility index (Phi) is 6.44. The summed E-state index contributed by atoms with van der Waals surface area (Å²) >= 11 is 6.30.